The molecule has 6 heteroatoms. The Morgan fingerprint density at radius 3 is 2.52 bits per heavy atom. The fourth-order valence-corrected chi connectivity index (χ4v) is 4.89. The summed E-state index contributed by atoms with van der Waals surface area (Å²) in [7, 11) is -3.16. The average Bonchev–Trinajstić information content (AvgIpc) is 3.00. The maximum Gasteiger partial charge on any atom is 0.247 e. The monoisotopic (exact) mass is 387 g/mol. The van der Waals surface area contributed by atoms with Crippen molar-refractivity contribution in [2.24, 2.45) is 0 Å². The van der Waals surface area contributed by atoms with Crippen LogP contribution < -0.4 is 0 Å². The average molecular weight is 387 g/mol. The van der Waals surface area contributed by atoms with Crippen molar-refractivity contribution in [2.45, 2.75) is 25.9 Å². The van der Waals surface area contributed by atoms with E-state index in [4.69, 9.17) is 0 Å². The van der Waals surface area contributed by atoms with Gasteiger partial charge in [0.25, 0.3) is 0 Å². The Morgan fingerprint density at radius 2 is 1.89 bits per heavy atom. The molecule has 4 nitrogen and oxygen atoms in total. The second-order valence-corrected chi connectivity index (χ2v) is 9.09. The van der Waals surface area contributed by atoms with Crippen molar-refractivity contribution in [3.8, 4) is 0 Å². The Balaban J connectivity index is 1.83. The summed E-state index contributed by atoms with van der Waals surface area (Å²) >= 11 is 0. The van der Waals surface area contributed by atoms with Gasteiger partial charge in [-0.1, -0.05) is 48.0 Å². The molecule has 3 rings (SSSR count). The van der Waals surface area contributed by atoms with Crippen molar-refractivity contribution in [1.29, 1.82) is 0 Å². The van der Waals surface area contributed by atoms with Crippen LogP contribution in [0.5, 0.6) is 0 Å². The fourth-order valence-electron chi connectivity index (χ4n) is 3.16. The quantitative estimate of drug-likeness (QED) is 0.739. The number of sulfone groups is 1. The number of aryl methyl sites for hydroxylation is 1. The molecular formula is C21H22FNO3S. The summed E-state index contributed by atoms with van der Waals surface area (Å²) in [4.78, 5) is 14.3. The molecule has 2 aromatic carbocycles. The highest BCUT2D eigenvalue weighted by atomic mass is 32.2. The van der Waals surface area contributed by atoms with E-state index < -0.39 is 21.7 Å². The van der Waals surface area contributed by atoms with E-state index in [0.29, 0.717) is 12.0 Å². The van der Waals surface area contributed by atoms with Crippen molar-refractivity contribution in [3.05, 3.63) is 77.1 Å². The van der Waals surface area contributed by atoms with Gasteiger partial charge in [-0.15, -0.1) is 0 Å². The standard InChI is InChI=1S/C21H22FNO3S/c1-16-6-8-17(9-7-16)10-11-21(24)23(19-12-13-27(25,26)15-19)14-18-4-2-3-5-20(18)22/h2-11,19H,12-15H2,1H3/b11-10+. The lowest BCUT2D eigenvalue weighted by atomic mass is 10.1. The normalized spacial score (nSPS) is 18.7. The van der Waals surface area contributed by atoms with Crippen LogP contribution >= 0.6 is 0 Å². The largest absolute Gasteiger partial charge is 0.331 e. The molecule has 2 aromatic rings. The molecule has 1 saturated heterocycles. The summed E-state index contributed by atoms with van der Waals surface area (Å²) in [5, 5.41) is 0. The summed E-state index contributed by atoms with van der Waals surface area (Å²) in [6, 6.07) is 13.5. The molecule has 1 aliphatic rings. The summed E-state index contributed by atoms with van der Waals surface area (Å²) in [5.74, 6) is -0.744. The molecule has 142 valence electrons. The van der Waals surface area contributed by atoms with E-state index in [1.165, 1.54) is 17.0 Å². The predicted molar refractivity (Wildman–Crippen MR) is 104 cm³/mol. The SMILES string of the molecule is Cc1ccc(/C=C/C(=O)N(Cc2ccccc2F)C2CCS(=O)(=O)C2)cc1. The molecule has 1 unspecified atom stereocenters. The maximum atomic E-state index is 14.1. The topological polar surface area (TPSA) is 54.5 Å². The van der Waals surface area contributed by atoms with Gasteiger partial charge in [0.2, 0.25) is 5.91 Å². The predicted octanol–water partition coefficient (Wildman–Crippen LogP) is 3.36. The molecule has 1 amide bonds. The number of halogens is 1. The third-order valence-electron chi connectivity index (χ3n) is 4.73. The zero-order valence-corrected chi connectivity index (χ0v) is 16.0. The summed E-state index contributed by atoms with van der Waals surface area (Å²) in [6.07, 6.45) is 3.50. The van der Waals surface area contributed by atoms with Crippen molar-refractivity contribution < 1.29 is 17.6 Å². The number of carbonyl (C=O) groups excluding carboxylic acids is 1. The van der Waals surface area contributed by atoms with E-state index in [2.05, 4.69) is 0 Å². The molecule has 0 radical (unpaired) electrons. The van der Waals surface area contributed by atoms with Gasteiger partial charge in [0.1, 0.15) is 5.82 Å². The second-order valence-electron chi connectivity index (χ2n) is 6.86. The van der Waals surface area contributed by atoms with E-state index in [1.807, 2.05) is 31.2 Å². The molecule has 1 fully saturated rings. The van der Waals surface area contributed by atoms with E-state index >= 15 is 0 Å². The van der Waals surface area contributed by atoms with Gasteiger partial charge < -0.3 is 4.90 Å². The third kappa shape index (κ3) is 5.04. The van der Waals surface area contributed by atoms with E-state index in [0.717, 1.165) is 11.1 Å². The number of carbonyl (C=O) groups is 1. The van der Waals surface area contributed by atoms with E-state index in [1.54, 1.807) is 24.3 Å². The van der Waals surface area contributed by atoms with E-state index in [9.17, 15) is 17.6 Å². The number of hydrogen-bond donors (Lipinski definition) is 0. The lowest BCUT2D eigenvalue weighted by molar-refractivity contribution is -0.128. The van der Waals surface area contributed by atoms with Crippen molar-refractivity contribution >= 4 is 21.8 Å². The first-order chi connectivity index (χ1) is 12.8. The van der Waals surface area contributed by atoms with E-state index in [-0.39, 0.29) is 24.0 Å². The van der Waals surface area contributed by atoms with Crippen LogP contribution in [0.25, 0.3) is 6.08 Å². The third-order valence-corrected chi connectivity index (χ3v) is 6.48. The molecule has 1 heterocycles. The van der Waals surface area contributed by atoms with Crippen LogP contribution in [-0.2, 0) is 21.2 Å². The fraction of sp³-hybridized carbons (Fsp3) is 0.286. The summed E-state index contributed by atoms with van der Waals surface area (Å²) in [5.41, 5.74) is 2.37. The Hall–Kier alpha value is -2.47. The molecular weight excluding hydrogens is 365 g/mol. The van der Waals surface area contributed by atoms with Crippen LogP contribution in [0.1, 0.15) is 23.1 Å². The van der Waals surface area contributed by atoms with Crippen LogP contribution in [-0.4, -0.2) is 36.8 Å². The molecule has 0 saturated carbocycles. The van der Waals surface area contributed by atoms with Gasteiger partial charge >= 0.3 is 0 Å². The first-order valence-corrected chi connectivity index (χ1v) is 10.7. The van der Waals surface area contributed by atoms with Gasteiger partial charge in [0.05, 0.1) is 11.5 Å². The Bertz CT molecular complexity index is 952. The van der Waals surface area contributed by atoms with Crippen LogP contribution in [0.4, 0.5) is 4.39 Å². The minimum absolute atomic E-state index is 0.0456. The Labute approximate surface area is 159 Å². The minimum atomic E-state index is -3.16. The first-order valence-electron chi connectivity index (χ1n) is 8.83. The molecule has 0 bridgehead atoms. The first kappa shape index (κ1) is 19.3. The second kappa shape index (κ2) is 8.05. The molecule has 0 N–H and O–H groups in total. The molecule has 1 aliphatic heterocycles. The lowest BCUT2D eigenvalue weighted by Crippen LogP contribution is -2.39. The van der Waals surface area contributed by atoms with Gasteiger partial charge in [-0.3, -0.25) is 4.79 Å². The maximum absolute atomic E-state index is 14.1. The Kier molecular flexibility index (Phi) is 5.75. The van der Waals surface area contributed by atoms with Gasteiger partial charge in [0.15, 0.2) is 9.84 Å². The molecule has 1 atom stereocenters. The van der Waals surface area contributed by atoms with Gasteiger partial charge in [0, 0.05) is 24.2 Å². The number of rotatable bonds is 5. The number of amides is 1. The number of nitrogens with zero attached hydrogens (tertiary/aromatic N) is 1. The highest BCUT2D eigenvalue weighted by Crippen LogP contribution is 2.22. The van der Waals surface area contributed by atoms with Gasteiger partial charge in [-0.25, -0.2) is 12.8 Å². The zero-order chi connectivity index (χ0) is 19.4. The highest BCUT2D eigenvalue weighted by molar-refractivity contribution is 7.91. The molecule has 27 heavy (non-hydrogen) atoms. The highest BCUT2D eigenvalue weighted by Gasteiger charge is 2.34. The molecule has 0 aromatic heterocycles. The van der Waals surface area contributed by atoms with Crippen LogP contribution in [0, 0.1) is 12.7 Å². The van der Waals surface area contributed by atoms with Gasteiger partial charge in [-0.05, 0) is 31.1 Å². The number of benzene rings is 2. The summed E-state index contributed by atoms with van der Waals surface area (Å²) in [6.45, 7) is 2.03. The van der Waals surface area contributed by atoms with Gasteiger partial charge in [-0.2, -0.15) is 0 Å². The minimum Gasteiger partial charge on any atom is -0.331 e. The van der Waals surface area contributed by atoms with Crippen LogP contribution in [0.3, 0.4) is 0 Å². The van der Waals surface area contributed by atoms with Crippen LogP contribution in [0.15, 0.2) is 54.6 Å². The van der Waals surface area contributed by atoms with Crippen molar-refractivity contribution in [2.75, 3.05) is 11.5 Å². The Morgan fingerprint density at radius 1 is 1.19 bits per heavy atom. The lowest BCUT2D eigenvalue weighted by Gasteiger charge is -2.27. The molecule has 0 spiro atoms. The van der Waals surface area contributed by atoms with Crippen molar-refractivity contribution in [3.63, 3.8) is 0 Å². The zero-order valence-electron chi connectivity index (χ0n) is 15.1. The van der Waals surface area contributed by atoms with Crippen molar-refractivity contribution in [1.82, 2.24) is 4.90 Å². The smallest absolute Gasteiger partial charge is 0.247 e. The summed E-state index contributed by atoms with van der Waals surface area (Å²) < 4.78 is 37.8. The number of hydrogen-bond acceptors (Lipinski definition) is 3. The van der Waals surface area contributed by atoms with Crippen LogP contribution in [0.2, 0.25) is 0 Å². The molecule has 0 aliphatic carbocycles.